The highest BCUT2D eigenvalue weighted by atomic mass is 35.5. The molecule has 4 N–H and O–H groups in total. The van der Waals surface area contributed by atoms with Gasteiger partial charge in [-0.15, -0.1) is 24.8 Å². The van der Waals surface area contributed by atoms with Crippen LogP contribution >= 0.6 is 24.8 Å². The standard InChI is InChI=1S/C19H25N3O.2ClH/c1-14(15-9-5-4-6-10-15)22-19(2,3)13-21-18(23)16-11-7-8-12-17(16)20;;/h4-12,14,22H,13,20H2,1-3H3,(H,21,23);2*1H. The highest BCUT2D eigenvalue weighted by Gasteiger charge is 2.22. The second kappa shape index (κ2) is 10.3. The van der Waals surface area contributed by atoms with E-state index in [-0.39, 0.29) is 42.3 Å². The van der Waals surface area contributed by atoms with Crippen molar-refractivity contribution in [3.8, 4) is 0 Å². The van der Waals surface area contributed by atoms with E-state index in [1.165, 1.54) is 5.56 Å². The van der Waals surface area contributed by atoms with E-state index in [4.69, 9.17) is 5.73 Å². The zero-order chi connectivity index (χ0) is 16.9. The first-order valence-corrected chi connectivity index (χ1v) is 7.84. The van der Waals surface area contributed by atoms with E-state index in [1.807, 2.05) is 30.3 Å². The Morgan fingerprint density at radius 3 is 2.20 bits per heavy atom. The van der Waals surface area contributed by atoms with E-state index in [1.54, 1.807) is 12.1 Å². The van der Waals surface area contributed by atoms with Gasteiger partial charge in [0, 0.05) is 23.8 Å². The maximum atomic E-state index is 12.2. The number of hydrogen-bond acceptors (Lipinski definition) is 3. The fraction of sp³-hybridized carbons (Fsp3) is 0.316. The summed E-state index contributed by atoms with van der Waals surface area (Å²) in [5, 5.41) is 6.50. The lowest BCUT2D eigenvalue weighted by Crippen LogP contribution is -2.49. The molecule has 0 aromatic heterocycles. The summed E-state index contributed by atoms with van der Waals surface area (Å²) in [7, 11) is 0. The Hall–Kier alpha value is -1.75. The van der Waals surface area contributed by atoms with Gasteiger partial charge in [0.25, 0.3) is 5.91 Å². The van der Waals surface area contributed by atoms with Crippen LogP contribution in [0.4, 0.5) is 5.69 Å². The van der Waals surface area contributed by atoms with E-state index in [9.17, 15) is 4.79 Å². The van der Waals surface area contributed by atoms with Crippen molar-refractivity contribution in [3.05, 3.63) is 65.7 Å². The largest absolute Gasteiger partial charge is 0.398 e. The van der Waals surface area contributed by atoms with Crippen LogP contribution in [-0.4, -0.2) is 18.0 Å². The molecule has 25 heavy (non-hydrogen) atoms. The minimum absolute atomic E-state index is 0. The Kier molecular flexibility index (Phi) is 9.57. The SMILES string of the molecule is CC(NC(C)(C)CNC(=O)c1ccccc1N)c1ccccc1.Cl.Cl. The lowest BCUT2D eigenvalue weighted by molar-refractivity contribution is 0.0942. The fourth-order valence-electron chi connectivity index (χ4n) is 2.56. The van der Waals surface area contributed by atoms with Crippen molar-refractivity contribution < 1.29 is 4.79 Å². The minimum atomic E-state index is -0.242. The first-order chi connectivity index (χ1) is 10.9. The van der Waals surface area contributed by atoms with E-state index in [2.05, 4.69) is 43.5 Å². The average molecular weight is 384 g/mol. The highest BCUT2D eigenvalue weighted by molar-refractivity contribution is 5.99. The van der Waals surface area contributed by atoms with Gasteiger partial charge in [0.15, 0.2) is 0 Å². The molecule has 138 valence electrons. The van der Waals surface area contributed by atoms with E-state index < -0.39 is 0 Å². The number of para-hydroxylation sites is 1. The van der Waals surface area contributed by atoms with Crippen LogP contribution in [0.5, 0.6) is 0 Å². The van der Waals surface area contributed by atoms with Gasteiger partial charge in [0.2, 0.25) is 0 Å². The zero-order valence-electron chi connectivity index (χ0n) is 14.8. The first kappa shape index (κ1) is 23.2. The van der Waals surface area contributed by atoms with Gasteiger partial charge in [-0.1, -0.05) is 42.5 Å². The average Bonchev–Trinajstić information content (AvgIpc) is 2.53. The number of amides is 1. The summed E-state index contributed by atoms with van der Waals surface area (Å²) in [5.41, 5.74) is 7.83. The fourth-order valence-corrected chi connectivity index (χ4v) is 2.56. The summed E-state index contributed by atoms with van der Waals surface area (Å²) < 4.78 is 0. The third-order valence-corrected chi connectivity index (χ3v) is 3.80. The molecular weight excluding hydrogens is 357 g/mol. The molecule has 1 unspecified atom stereocenters. The predicted molar refractivity (Wildman–Crippen MR) is 110 cm³/mol. The number of carbonyl (C=O) groups excluding carboxylic acids is 1. The van der Waals surface area contributed by atoms with Crippen molar-refractivity contribution in [1.29, 1.82) is 0 Å². The Morgan fingerprint density at radius 1 is 1.04 bits per heavy atom. The number of nitrogens with one attached hydrogen (secondary N) is 2. The van der Waals surface area contributed by atoms with Gasteiger partial charge in [-0.3, -0.25) is 4.79 Å². The normalized spacial score (nSPS) is 11.6. The predicted octanol–water partition coefficient (Wildman–Crippen LogP) is 3.97. The molecule has 2 aromatic rings. The number of nitrogen functional groups attached to an aromatic ring is 1. The minimum Gasteiger partial charge on any atom is -0.398 e. The maximum Gasteiger partial charge on any atom is 0.253 e. The molecule has 0 fully saturated rings. The molecular formula is C19H27Cl2N3O. The summed E-state index contributed by atoms with van der Waals surface area (Å²) in [6, 6.07) is 17.5. The van der Waals surface area contributed by atoms with E-state index in [0.717, 1.165) is 0 Å². The Bertz CT molecular complexity index is 663. The molecule has 4 nitrogen and oxygen atoms in total. The lowest BCUT2D eigenvalue weighted by atomic mass is 10.0. The van der Waals surface area contributed by atoms with E-state index >= 15 is 0 Å². The number of nitrogens with two attached hydrogens (primary N) is 1. The molecule has 0 aliphatic heterocycles. The lowest BCUT2D eigenvalue weighted by Gasteiger charge is -2.31. The Labute approximate surface area is 162 Å². The van der Waals surface area contributed by atoms with Crippen molar-refractivity contribution >= 4 is 36.4 Å². The van der Waals surface area contributed by atoms with Gasteiger partial charge in [-0.05, 0) is 38.5 Å². The summed E-state index contributed by atoms with van der Waals surface area (Å²) in [6.45, 7) is 6.77. The molecule has 0 bridgehead atoms. The third kappa shape index (κ3) is 6.94. The van der Waals surface area contributed by atoms with Crippen LogP contribution in [0.15, 0.2) is 54.6 Å². The zero-order valence-corrected chi connectivity index (χ0v) is 16.4. The van der Waals surface area contributed by atoms with Gasteiger partial charge >= 0.3 is 0 Å². The molecule has 2 aromatic carbocycles. The van der Waals surface area contributed by atoms with Crippen molar-refractivity contribution in [2.75, 3.05) is 12.3 Å². The molecule has 0 aliphatic rings. The smallest absolute Gasteiger partial charge is 0.253 e. The number of benzene rings is 2. The Balaban J connectivity index is 0.00000288. The van der Waals surface area contributed by atoms with Crippen LogP contribution in [0.25, 0.3) is 0 Å². The van der Waals surface area contributed by atoms with Crippen LogP contribution in [0.3, 0.4) is 0 Å². The summed E-state index contributed by atoms with van der Waals surface area (Å²) in [5.74, 6) is -0.148. The number of anilines is 1. The second-order valence-corrected chi connectivity index (χ2v) is 6.43. The molecule has 2 rings (SSSR count). The maximum absolute atomic E-state index is 12.2. The molecule has 1 amide bonds. The van der Waals surface area contributed by atoms with Crippen LogP contribution < -0.4 is 16.4 Å². The molecule has 0 spiro atoms. The summed E-state index contributed by atoms with van der Waals surface area (Å²) >= 11 is 0. The van der Waals surface area contributed by atoms with Crippen LogP contribution in [-0.2, 0) is 0 Å². The summed E-state index contributed by atoms with van der Waals surface area (Å²) in [4.78, 5) is 12.2. The molecule has 1 atom stereocenters. The molecule has 6 heteroatoms. The Morgan fingerprint density at radius 2 is 1.60 bits per heavy atom. The van der Waals surface area contributed by atoms with Crippen molar-refractivity contribution in [2.45, 2.75) is 32.4 Å². The van der Waals surface area contributed by atoms with Gasteiger partial charge in [-0.2, -0.15) is 0 Å². The van der Waals surface area contributed by atoms with Crippen molar-refractivity contribution in [3.63, 3.8) is 0 Å². The monoisotopic (exact) mass is 383 g/mol. The number of carbonyl (C=O) groups is 1. The number of hydrogen-bond donors (Lipinski definition) is 3. The second-order valence-electron chi connectivity index (χ2n) is 6.43. The molecule has 0 saturated carbocycles. The highest BCUT2D eigenvalue weighted by Crippen LogP contribution is 2.16. The molecule has 0 saturated heterocycles. The first-order valence-electron chi connectivity index (χ1n) is 7.84. The van der Waals surface area contributed by atoms with Gasteiger partial charge in [-0.25, -0.2) is 0 Å². The van der Waals surface area contributed by atoms with E-state index in [0.29, 0.717) is 17.8 Å². The van der Waals surface area contributed by atoms with Crippen molar-refractivity contribution in [1.82, 2.24) is 10.6 Å². The van der Waals surface area contributed by atoms with Gasteiger partial charge in [0.1, 0.15) is 0 Å². The van der Waals surface area contributed by atoms with Crippen LogP contribution in [0.1, 0.15) is 42.7 Å². The van der Waals surface area contributed by atoms with Gasteiger partial charge in [0.05, 0.1) is 5.56 Å². The number of halogens is 2. The van der Waals surface area contributed by atoms with Crippen LogP contribution in [0, 0.1) is 0 Å². The molecule has 0 heterocycles. The van der Waals surface area contributed by atoms with Crippen LogP contribution in [0.2, 0.25) is 0 Å². The quantitative estimate of drug-likeness (QED) is 0.660. The third-order valence-electron chi connectivity index (χ3n) is 3.80. The molecule has 0 aliphatic carbocycles. The number of rotatable bonds is 6. The molecule has 0 radical (unpaired) electrons. The van der Waals surface area contributed by atoms with Gasteiger partial charge < -0.3 is 16.4 Å². The topological polar surface area (TPSA) is 67.1 Å². The summed E-state index contributed by atoms with van der Waals surface area (Å²) in [6.07, 6.45) is 0. The van der Waals surface area contributed by atoms with Crippen molar-refractivity contribution in [2.24, 2.45) is 0 Å².